The van der Waals surface area contributed by atoms with Crippen LogP contribution in [0.2, 0.25) is 0 Å². The third-order valence-electron chi connectivity index (χ3n) is 5.06. The van der Waals surface area contributed by atoms with Gasteiger partial charge in [-0.3, -0.25) is 4.90 Å². The van der Waals surface area contributed by atoms with Gasteiger partial charge in [-0.05, 0) is 49.9 Å². The number of piperidine rings is 1. The Hall–Kier alpha value is -1.02. The van der Waals surface area contributed by atoms with Crippen LogP contribution in [0, 0.1) is 0 Å². The molecule has 0 bridgehead atoms. The molecule has 0 spiro atoms. The van der Waals surface area contributed by atoms with Gasteiger partial charge >= 0.3 is 0 Å². The lowest BCUT2D eigenvalue weighted by Gasteiger charge is -2.48. The highest BCUT2D eigenvalue weighted by molar-refractivity contribution is 5.51. The smallest absolute Gasteiger partial charge is 0.0389 e. The van der Waals surface area contributed by atoms with E-state index in [-0.39, 0.29) is 0 Å². The van der Waals surface area contributed by atoms with Crippen LogP contribution >= 0.6 is 0 Å². The summed E-state index contributed by atoms with van der Waals surface area (Å²) in [6.07, 6.45) is 4.19. The van der Waals surface area contributed by atoms with Gasteiger partial charge in [-0.25, -0.2) is 0 Å². The first-order chi connectivity index (χ1) is 9.65. The Morgan fingerprint density at radius 1 is 1.15 bits per heavy atom. The molecule has 0 aliphatic carbocycles. The fraction of sp³-hybridized carbons (Fsp3) is 0.667. The quantitative estimate of drug-likeness (QED) is 0.806. The summed E-state index contributed by atoms with van der Waals surface area (Å²) in [4.78, 5) is 5.36. The maximum absolute atomic E-state index is 2.72. The number of anilines is 1. The molecule has 2 atom stereocenters. The largest absolute Gasteiger partial charge is 0.366 e. The van der Waals surface area contributed by atoms with E-state index in [0.717, 1.165) is 6.04 Å². The van der Waals surface area contributed by atoms with Gasteiger partial charge in [0.1, 0.15) is 0 Å². The van der Waals surface area contributed by atoms with E-state index in [1.807, 2.05) is 0 Å². The number of fused-ring (bicyclic) bond motifs is 1. The van der Waals surface area contributed by atoms with Crippen molar-refractivity contribution in [2.24, 2.45) is 0 Å². The van der Waals surface area contributed by atoms with Gasteiger partial charge in [0.05, 0.1) is 0 Å². The Balaban J connectivity index is 1.80. The standard InChI is InChI=1S/C18H28N2/c1-14(2)16-7-6-9-17(11-16)20-13-18-8-4-5-10-19(18)12-15(20)3/h6-7,9,11,14-15,18H,4-5,8,10,12-13H2,1-3H3. The van der Waals surface area contributed by atoms with E-state index in [4.69, 9.17) is 0 Å². The predicted octanol–water partition coefficient (Wildman–Crippen LogP) is 3.87. The van der Waals surface area contributed by atoms with Crippen LogP contribution in [0.25, 0.3) is 0 Å². The molecule has 0 saturated carbocycles. The molecule has 2 aliphatic heterocycles. The number of nitrogens with zero attached hydrogens (tertiary/aromatic N) is 2. The summed E-state index contributed by atoms with van der Waals surface area (Å²) in [6.45, 7) is 10.7. The molecule has 2 nitrogen and oxygen atoms in total. The first-order valence-corrected chi connectivity index (χ1v) is 8.26. The predicted molar refractivity (Wildman–Crippen MR) is 86.6 cm³/mol. The molecular weight excluding hydrogens is 244 g/mol. The molecule has 0 N–H and O–H groups in total. The highest BCUT2D eigenvalue weighted by atomic mass is 15.3. The molecule has 20 heavy (non-hydrogen) atoms. The Morgan fingerprint density at radius 3 is 2.80 bits per heavy atom. The van der Waals surface area contributed by atoms with Crippen molar-refractivity contribution in [3.8, 4) is 0 Å². The lowest BCUT2D eigenvalue weighted by molar-refractivity contribution is 0.115. The second-order valence-corrected chi connectivity index (χ2v) is 6.90. The maximum atomic E-state index is 2.72. The van der Waals surface area contributed by atoms with Crippen LogP contribution in [-0.4, -0.2) is 36.6 Å². The minimum atomic E-state index is 0.612. The van der Waals surface area contributed by atoms with E-state index in [2.05, 4.69) is 54.8 Å². The van der Waals surface area contributed by atoms with Crippen molar-refractivity contribution in [2.45, 2.75) is 58.0 Å². The number of benzene rings is 1. The van der Waals surface area contributed by atoms with Gasteiger partial charge in [0.15, 0.2) is 0 Å². The van der Waals surface area contributed by atoms with E-state index in [9.17, 15) is 0 Å². The van der Waals surface area contributed by atoms with Gasteiger partial charge in [-0.15, -0.1) is 0 Å². The minimum absolute atomic E-state index is 0.612. The van der Waals surface area contributed by atoms with Crippen LogP contribution in [0.3, 0.4) is 0 Å². The topological polar surface area (TPSA) is 6.48 Å². The first-order valence-electron chi connectivity index (χ1n) is 8.26. The van der Waals surface area contributed by atoms with E-state index >= 15 is 0 Å². The van der Waals surface area contributed by atoms with Crippen molar-refractivity contribution in [1.29, 1.82) is 0 Å². The van der Waals surface area contributed by atoms with Crippen LogP contribution in [0.4, 0.5) is 5.69 Å². The van der Waals surface area contributed by atoms with Crippen LogP contribution < -0.4 is 4.90 Å². The Labute approximate surface area is 123 Å². The van der Waals surface area contributed by atoms with Gasteiger partial charge in [0.2, 0.25) is 0 Å². The van der Waals surface area contributed by atoms with Gasteiger partial charge < -0.3 is 4.90 Å². The molecule has 2 aliphatic rings. The molecule has 0 amide bonds. The maximum Gasteiger partial charge on any atom is 0.0389 e. The Morgan fingerprint density at radius 2 is 2.00 bits per heavy atom. The van der Waals surface area contributed by atoms with Crippen molar-refractivity contribution in [2.75, 3.05) is 24.5 Å². The average Bonchev–Trinajstić information content (AvgIpc) is 2.46. The Kier molecular flexibility index (Phi) is 4.02. The van der Waals surface area contributed by atoms with E-state index in [1.54, 1.807) is 0 Å². The van der Waals surface area contributed by atoms with Crippen molar-refractivity contribution in [1.82, 2.24) is 4.90 Å². The van der Waals surface area contributed by atoms with Crippen molar-refractivity contribution >= 4 is 5.69 Å². The van der Waals surface area contributed by atoms with Crippen molar-refractivity contribution in [3.05, 3.63) is 29.8 Å². The van der Waals surface area contributed by atoms with Gasteiger partial charge in [-0.2, -0.15) is 0 Å². The van der Waals surface area contributed by atoms with Crippen LogP contribution in [0.1, 0.15) is 51.5 Å². The Bertz CT molecular complexity index is 454. The van der Waals surface area contributed by atoms with Gasteiger partial charge in [0.25, 0.3) is 0 Å². The summed E-state index contributed by atoms with van der Waals surface area (Å²) >= 11 is 0. The van der Waals surface area contributed by atoms with Crippen LogP contribution in [0.15, 0.2) is 24.3 Å². The van der Waals surface area contributed by atoms with Crippen molar-refractivity contribution in [3.63, 3.8) is 0 Å². The van der Waals surface area contributed by atoms with Crippen LogP contribution in [0.5, 0.6) is 0 Å². The van der Waals surface area contributed by atoms with Gasteiger partial charge in [-0.1, -0.05) is 32.4 Å². The second kappa shape index (κ2) is 5.77. The molecule has 110 valence electrons. The van der Waals surface area contributed by atoms with Gasteiger partial charge in [0, 0.05) is 30.9 Å². The second-order valence-electron chi connectivity index (χ2n) is 6.90. The van der Waals surface area contributed by atoms with Crippen molar-refractivity contribution < 1.29 is 0 Å². The van der Waals surface area contributed by atoms with E-state index < -0.39 is 0 Å². The zero-order chi connectivity index (χ0) is 14.1. The summed E-state index contributed by atoms with van der Waals surface area (Å²) in [6, 6.07) is 10.6. The summed E-state index contributed by atoms with van der Waals surface area (Å²) in [7, 11) is 0. The number of hydrogen-bond donors (Lipinski definition) is 0. The highest BCUT2D eigenvalue weighted by Gasteiger charge is 2.32. The zero-order valence-corrected chi connectivity index (χ0v) is 13.2. The molecule has 2 saturated heterocycles. The highest BCUT2D eigenvalue weighted by Crippen LogP contribution is 2.29. The average molecular weight is 272 g/mol. The SMILES string of the molecule is CC(C)c1cccc(N2CC3CCCCN3CC2C)c1. The molecule has 1 aromatic carbocycles. The van der Waals surface area contributed by atoms with Crippen LogP contribution in [-0.2, 0) is 0 Å². The molecule has 2 unspecified atom stereocenters. The third kappa shape index (κ3) is 2.71. The molecule has 1 aromatic rings. The molecule has 0 radical (unpaired) electrons. The summed E-state index contributed by atoms with van der Waals surface area (Å²) in [5.74, 6) is 0.612. The molecule has 0 aromatic heterocycles. The fourth-order valence-corrected chi connectivity index (χ4v) is 3.77. The summed E-state index contributed by atoms with van der Waals surface area (Å²) < 4.78 is 0. The fourth-order valence-electron chi connectivity index (χ4n) is 3.77. The molecule has 2 heterocycles. The zero-order valence-electron chi connectivity index (χ0n) is 13.2. The third-order valence-corrected chi connectivity index (χ3v) is 5.06. The number of rotatable bonds is 2. The lowest BCUT2D eigenvalue weighted by Crippen LogP contribution is -2.58. The first kappa shape index (κ1) is 13.9. The van der Waals surface area contributed by atoms with E-state index in [0.29, 0.717) is 12.0 Å². The summed E-state index contributed by atoms with van der Waals surface area (Å²) in [5, 5.41) is 0. The number of hydrogen-bond acceptors (Lipinski definition) is 2. The minimum Gasteiger partial charge on any atom is -0.366 e. The lowest BCUT2D eigenvalue weighted by atomic mass is 9.96. The monoisotopic (exact) mass is 272 g/mol. The number of piperazine rings is 1. The molecule has 2 fully saturated rings. The molecule has 3 rings (SSSR count). The molecule has 2 heteroatoms. The summed E-state index contributed by atoms with van der Waals surface area (Å²) in [5.41, 5.74) is 2.88. The normalized spacial score (nSPS) is 27.7. The van der Waals surface area contributed by atoms with E-state index in [1.165, 1.54) is 50.1 Å². The molecular formula is C18H28N2.